The number of hydrogen-bond acceptors (Lipinski definition) is 3. The number of epoxide rings is 2. The van der Waals surface area contributed by atoms with Gasteiger partial charge in [-0.3, -0.25) is 4.79 Å². The summed E-state index contributed by atoms with van der Waals surface area (Å²) in [7, 11) is 0. The van der Waals surface area contributed by atoms with Crippen molar-refractivity contribution in [1.29, 1.82) is 0 Å². The molecule has 0 aromatic heterocycles. The van der Waals surface area contributed by atoms with Crippen molar-refractivity contribution < 1.29 is 19.4 Å². The van der Waals surface area contributed by atoms with Crippen molar-refractivity contribution in [3.05, 3.63) is 0 Å². The number of hydrogen-bond donors (Lipinski definition) is 1. The minimum absolute atomic E-state index is 0.339. The normalized spacial score (nSPS) is 44.8. The average molecular weight is 294 g/mol. The zero-order valence-electron chi connectivity index (χ0n) is 12.7. The van der Waals surface area contributed by atoms with Crippen LogP contribution in [0.15, 0.2) is 0 Å². The second kappa shape index (κ2) is 4.69. The van der Waals surface area contributed by atoms with Crippen LogP contribution in [0.25, 0.3) is 0 Å². The van der Waals surface area contributed by atoms with Gasteiger partial charge in [0.05, 0.1) is 5.41 Å². The Kier molecular flexibility index (Phi) is 3.13. The molecular weight excluding hydrogens is 268 g/mol. The van der Waals surface area contributed by atoms with Gasteiger partial charge in [0.1, 0.15) is 0 Å². The highest BCUT2D eigenvalue weighted by Crippen LogP contribution is 2.77. The summed E-state index contributed by atoms with van der Waals surface area (Å²) in [4.78, 5) is 11.8. The second-order valence-corrected chi connectivity index (χ2v) is 7.72. The van der Waals surface area contributed by atoms with E-state index >= 15 is 0 Å². The smallest absolute Gasteiger partial charge is 0.309 e. The van der Waals surface area contributed by atoms with Crippen LogP contribution in [0.4, 0.5) is 0 Å². The van der Waals surface area contributed by atoms with E-state index in [4.69, 9.17) is 9.47 Å². The van der Waals surface area contributed by atoms with Crippen LogP contribution >= 0.6 is 0 Å². The van der Waals surface area contributed by atoms with Crippen LogP contribution in [-0.4, -0.2) is 22.7 Å². The Balaban J connectivity index is 1.27. The van der Waals surface area contributed by atoms with E-state index in [2.05, 4.69) is 0 Å². The molecule has 2 saturated heterocycles. The van der Waals surface area contributed by atoms with Crippen LogP contribution in [0, 0.1) is 11.3 Å². The lowest BCUT2D eigenvalue weighted by Gasteiger charge is -2.30. The lowest BCUT2D eigenvalue weighted by atomic mass is 9.70. The lowest BCUT2D eigenvalue weighted by Crippen LogP contribution is -2.36. The van der Waals surface area contributed by atoms with Gasteiger partial charge in [-0.05, 0) is 18.8 Å². The minimum Gasteiger partial charge on any atom is -0.481 e. The first-order chi connectivity index (χ1) is 10.1. The highest BCUT2D eigenvalue weighted by atomic mass is 17.0. The third kappa shape index (κ3) is 2.22. The largest absolute Gasteiger partial charge is 0.481 e. The SMILES string of the molecule is O=C(O)C1(CCCCC2CCCCC2)CCC23OC2(C1)O3. The van der Waals surface area contributed by atoms with E-state index in [1.165, 1.54) is 44.9 Å². The molecule has 0 radical (unpaired) electrons. The second-order valence-electron chi connectivity index (χ2n) is 7.72. The van der Waals surface area contributed by atoms with Crippen molar-refractivity contribution in [3.63, 3.8) is 0 Å². The Morgan fingerprint density at radius 3 is 2.48 bits per heavy atom. The molecule has 4 nitrogen and oxygen atoms in total. The van der Waals surface area contributed by atoms with E-state index in [1.807, 2.05) is 0 Å². The van der Waals surface area contributed by atoms with Gasteiger partial charge in [0.15, 0.2) is 0 Å². The van der Waals surface area contributed by atoms with Crippen molar-refractivity contribution >= 4 is 5.97 Å². The first kappa shape index (κ1) is 14.0. The molecule has 0 bridgehead atoms. The summed E-state index contributed by atoms with van der Waals surface area (Å²) in [6, 6.07) is 0. The van der Waals surface area contributed by atoms with E-state index in [1.54, 1.807) is 0 Å². The fraction of sp³-hybridized carbons (Fsp3) is 0.941. The number of carboxylic acid groups (broad SMARTS) is 1. The van der Waals surface area contributed by atoms with E-state index in [0.29, 0.717) is 12.8 Å². The van der Waals surface area contributed by atoms with Gasteiger partial charge in [0.2, 0.25) is 11.6 Å². The summed E-state index contributed by atoms with van der Waals surface area (Å²) in [5, 5.41) is 9.69. The number of ether oxygens (including phenoxy) is 2. The molecule has 4 aliphatic rings. The molecule has 0 aromatic rings. The number of rotatable bonds is 6. The molecule has 4 rings (SSSR count). The molecule has 0 amide bonds. The van der Waals surface area contributed by atoms with E-state index < -0.39 is 17.2 Å². The summed E-state index contributed by atoms with van der Waals surface area (Å²) in [5.74, 6) is -0.564. The fourth-order valence-corrected chi connectivity index (χ4v) is 4.80. The van der Waals surface area contributed by atoms with Crippen molar-refractivity contribution in [2.75, 3.05) is 0 Å². The first-order valence-electron chi connectivity index (χ1n) is 8.74. The molecule has 0 spiro atoms. The maximum absolute atomic E-state index is 11.8. The van der Waals surface area contributed by atoms with E-state index in [-0.39, 0.29) is 5.79 Å². The number of carboxylic acids is 1. The summed E-state index contributed by atoms with van der Waals surface area (Å²) >= 11 is 0. The Morgan fingerprint density at radius 1 is 1.05 bits per heavy atom. The molecular formula is C17H26O4. The first-order valence-corrected chi connectivity index (χ1v) is 8.74. The average Bonchev–Trinajstić information content (AvgIpc) is 3.30. The monoisotopic (exact) mass is 294 g/mol. The zero-order chi connectivity index (χ0) is 14.6. The fourth-order valence-electron chi connectivity index (χ4n) is 4.80. The van der Waals surface area contributed by atoms with Crippen LogP contribution in [-0.2, 0) is 14.3 Å². The topological polar surface area (TPSA) is 62.4 Å². The quantitative estimate of drug-likeness (QED) is 0.597. The van der Waals surface area contributed by atoms with Gasteiger partial charge in [-0.1, -0.05) is 51.4 Å². The van der Waals surface area contributed by atoms with Gasteiger partial charge in [0, 0.05) is 12.8 Å². The van der Waals surface area contributed by atoms with E-state index in [9.17, 15) is 9.90 Å². The minimum atomic E-state index is -0.644. The Labute approximate surface area is 126 Å². The van der Waals surface area contributed by atoms with Crippen LogP contribution in [0.5, 0.6) is 0 Å². The molecule has 1 atom stereocenters. The Bertz CT molecular complexity index is 434. The predicted octanol–water partition coefficient (Wildman–Crippen LogP) is 3.84. The van der Waals surface area contributed by atoms with Crippen molar-refractivity contribution in [1.82, 2.24) is 0 Å². The molecule has 4 fully saturated rings. The molecule has 0 aromatic carbocycles. The van der Waals surface area contributed by atoms with Crippen molar-refractivity contribution in [3.8, 4) is 0 Å². The van der Waals surface area contributed by atoms with Gasteiger partial charge in [0.25, 0.3) is 0 Å². The Hall–Kier alpha value is -0.610. The standard InChI is InChI=1S/C17H26O4/c18-14(19)15(10-11-16-17(12-15,20-16)21-16)9-5-4-8-13-6-2-1-3-7-13/h13H,1-12H2,(H,18,19). The third-order valence-corrected chi connectivity index (χ3v) is 6.36. The Morgan fingerprint density at radius 2 is 1.81 bits per heavy atom. The zero-order valence-corrected chi connectivity index (χ0v) is 12.7. The maximum Gasteiger partial charge on any atom is 0.309 e. The molecule has 2 aliphatic heterocycles. The highest BCUT2D eigenvalue weighted by Gasteiger charge is 2.93. The predicted molar refractivity (Wildman–Crippen MR) is 76.6 cm³/mol. The summed E-state index contributed by atoms with van der Waals surface area (Å²) in [5.41, 5.74) is -0.594. The maximum atomic E-state index is 11.8. The van der Waals surface area contributed by atoms with Gasteiger partial charge >= 0.3 is 5.97 Å². The van der Waals surface area contributed by atoms with Gasteiger partial charge < -0.3 is 14.6 Å². The van der Waals surface area contributed by atoms with Gasteiger partial charge in [-0.25, -0.2) is 0 Å². The summed E-state index contributed by atoms with van der Waals surface area (Å²) < 4.78 is 11.1. The van der Waals surface area contributed by atoms with Gasteiger partial charge in [-0.15, -0.1) is 0 Å². The molecule has 4 heteroatoms. The molecule has 2 heterocycles. The molecule has 2 aliphatic carbocycles. The van der Waals surface area contributed by atoms with Crippen LogP contribution in [0.2, 0.25) is 0 Å². The summed E-state index contributed by atoms with van der Waals surface area (Å²) in [6.07, 6.45) is 13.3. The molecule has 21 heavy (non-hydrogen) atoms. The van der Waals surface area contributed by atoms with Crippen molar-refractivity contribution in [2.45, 2.75) is 88.6 Å². The molecule has 118 valence electrons. The number of carbonyl (C=O) groups is 1. The van der Waals surface area contributed by atoms with Crippen molar-refractivity contribution in [2.24, 2.45) is 11.3 Å². The van der Waals surface area contributed by atoms with E-state index in [0.717, 1.165) is 25.2 Å². The number of aliphatic carboxylic acids is 1. The highest BCUT2D eigenvalue weighted by molar-refractivity contribution is 5.75. The van der Waals surface area contributed by atoms with Crippen LogP contribution in [0.3, 0.4) is 0 Å². The molecule has 2 saturated carbocycles. The lowest BCUT2D eigenvalue weighted by molar-refractivity contribution is -0.153. The van der Waals surface area contributed by atoms with Gasteiger partial charge in [-0.2, -0.15) is 0 Å². The molecule has 1 N–H and O–H groups in total. The third-order valence-electron chi connectivity index (χ3n) is 6.36. The van der Waals surface area contributed by atoms with Crippen LogP contribution in [0.1, 0.15) is 77.0 Å². The molecule has 1 unspecified atom stereocenters. The van der Waals surface area contributed by atoms with Crippen LogP contribution < -0.4 is 0 Å². The number of unbranched alkanes of at least 4 members (excludes halogenated alkanes) is 1. The summed E-state index contributed by atoms with van der Waals surface area (Å²) in [6.45, 7) is 0.